The fourth-order valence-corrected chi connectivity index (χ4v) is 8.68. The Bertz CT molecular complexity index is 3260. The lowest BCUT2D eigenvalue weighted by Gasteiger charge is -2.29. The SMILES string of the molecule is c1ccc(-c2cccc3cccc(-c4ccccc4N(c4ccc(-c5ccc6ccccc6c5)cc4)c4ccc(-c5cccc6c5oc5ccccc56)cc4)c23)cc1. The zero-order valence-corrected chi connectivity index (χ0v) is 31.7. The Morgan fingerprint density at radius 3 is 1.67 bits per heavy atom. The molecule has 0 radical (unpaired) electrons. The maximum Gasteiger partial charge on any atom is 0.143 e. The van der Waals surface area contributed by atoms with E-state index in [1.165, 1.54) is 49.4 Å². The van der Waals surface area contributed by atoms with E-state index in [1.54, 1.807) is 0 Å². The van der Waals surface area contributed by atoms with Crippen molar-refractivity contribution in [3.05, 3.63) is 224 Å². The standard InChI is InChI=1S/C56H37NO/c1-2-14-40(15-3-1)47-21-10-17-42-18-11-23-51(55(42)47)49-19-6-8-25-53(49)57(45-33-29-39(30-34-45)44-28-27-38-13-4-5-16-43(38)37-44)46-35-31-41(32-36-46)48-22-12-24-52-50-20-7-9-26-54(50)58-56(48)52/h1-37H. The van der Waals surface area contributed by atoms with Crippen LogP contribution in [0.4, 0.5) is 17.1 Å². The minimum absolute atomic E-state index is 0.903. The lowest BCUT2D eigenvalue weighted by molar-refractivity contribution is 0.670. The highest BCUT2D eigenvalue weighted by atomic mass is 16.3. The van der Waals surface area contributed by atoms with E-state index in [4.69, 9.17) is 4.42 Å². The quantitative estimate of drug-likeness (QED) is 0.162. The molecule has 0 atom stereocenters. The summed E-state index contributed by atoms with van der Waals surface area (Å²) in [5, 5.41) is 7.20. The Morgan fingerprint density at radius 2 is 0.862 bits per heavy atom. The molecule has 0 saturated carbocycles. The van der Waals surface area contributed by atoms with Crippen LogP contribution in [0.5, 0.6) is 0 Å². The molecule has 0 aliphatic rings. The second kappa shape index (κ2) is 14.1. The third kappa shape index (κ3) is 5.82. The smallest absolute Gasteiger partial charge is 0.143 e. The molecule has 11 rings (SSSR count). The molecule has 2 heteroatoms. The first-order valence-electron chi connectivity index (χ1n) is 19.8. The maximum absolute atomic E-state index is 6.46. The van der Waals surface area contributed by atoms with Crippen LogP contribution in [-0.4, -0.2) is 0 Å². The van der Waals surface area contributed by atoms with E-state index in [-0.39, 0.29) is 0 Å². The Labute approximate surface area is 337 Å². The van der Waals surface area contributed by atoms with E-state index in [9.17, 15) is 0 Å². The first-order valence-corrected chi connectivity index (χ1v) is 19.8. The first-order chi connectivity index (χ1) is 28.8. The molecule has 0 bridgehead atoms. The molecule has 1 aromatic heterocycles. The maximum atomic E-state index is 6.46. The summed E-state index contributed by atoms with van der Waals surface area (Å²) < 4.78 is 6.46. The second-order valence-electron chi connectivity index (χ2n) is 14.9. The second-order valence-corrected chi connectivity index (χ2v) is 14.9. The molecule has 0 amide bonds. The Morgan fingerprint density at radius 1 is 0.310 bits per heavy atom. The van der Waals surface area contributed by atoms with Crippen LogP contribution in [-0.2, 0) is 0 Å². The summed E-state index contributed by atoms with van der Waals surface area (Å²) in [6.07, 6.45) is 0. The van der Waals surface area contributed by atoms with Crippen LogP contribution in [0.25, 0.3) is 88.0 Å². The number of hydrogen-bond donors (Lipinski definition) is 0. The molecule has 1 heterocycles. The Kier molecular flexibility index (Phi) is 8.19. The van der Waals surface area contributed by atoms with Crippen molar-refractivity contribution in [3.63, 3.8) is 0 Å². The molecular weight excluding hydrogens is 703 g/mol. The third-order valence-electron chi connectivity index (χ3n) is 11.5. The van der Waals surface area contributed by atoms with Gasteiger partial charge in [-0.15, -0.1) is 0 Å². The number of para-hydroxylation sites is 3. The fourth-order valence-electron chi connectivity index (χ4n) is 8.68. The van der Waals surface area contributed by atoms with Gasteiger partial charge in [0.2, 0.25) is 0 Å². The third-order valence-corrected chi connectivity index (χ3v) is 11.5. The van der Waals surface area contributed by atoms with Crippen LogP contribution in [0.15, 0.2) is 229 Å². The minimum atomic E-state index is 0.903. The average Bonchev–Trinajstić information content (AvgIpc) is 3.69. The van der Waals surface area contributed by atoms with Gasteiger partial charge in [-0.05, 0) is 97.4 Å². The summed E-state index contributed by atoms with van der Waals surface area (Å²) in [5.74, 6) is 0. The summed E-state index contributed by atoms with van der Waals surface area (Å²) in [5.41, 5.74) is 14.4. The number of nitrogens with zero attached hydrogens (tertiary/aromatic N) is 1. The number of benzene rings is 10. The topological polar surface area (TPSA) is 16.4 Å². The van der Waals surface area contributed by atoms with Gasteiger partial charge in [0.25, 0.3) is 0 Å². The highest BCUT2D eigenvalue weighted by molar-refractivity contribution is 6.10. The van der Waals surface area contributed by atoms with Crippen molar-refractivity contribution in [3.8, 4) is 44.5 Å². The number of rotatable bonds is 7. The molecule has 58 heavy (non-hydrogen) atoms. The highest BCUT2D eigenvalue weighted by Crippen LogP contribution is 2.46. The molecule has 0 saturated heterocycles. The van der Waals surface area contributed by atoms with Crippen LogP contribution in [0.3, 0.4) is 0 Å². The van der Waals surface area contributed by atoms with Crippen LogP contribution in [0, 0.1) is 0 Å². The summed E-state index contributed by atoms with van der Waals surface area (Å²) >= 11 is 0. The van der Waals surface area contributed by atoms with Gasteiger partial charge in [-0.2, -0.15) is 0 Å². The van der Waals surface area contributed by atoms with Crippen LogP contribution >= 0.6 is 0 Å². The van der Waals surface area contributed by atoms with E-state index in [2.05, 4.69) is 217 Å². The largest absolute Gasteiger partial charge is 0.455 e. The zero-order chi connectivity index (χ0) is 38.4. The lowest BCUT2D eigenvalue weighted by atomic mass is 9.90. The monoisotopic (exact) mass is 739 g/mol. The van der Waals surface area contributed by atoms with Crippen molar-refractivity contribution < 1.29 is 4.42 Å². The van der Waals surface area contributed by atoms with Gasteiger partial charge in [0.1, 0.15) is 11.2 Å². The molecule has 10 aromatic carbocycles. The number of fused-ring (bicyclic) bond motifs is 5. The van der Waals surface area contributed by atoms with Crippen molar-refractivity contribution >= 4 is 60.5 Å². The fraction of sp³-hybridized carbons (Fsp3) is 0. The lowest BCUT2D eigenvalue weighted by Crippen LogP contribution is -2.11. The predicted octanol–water partition coefficient (Wildman–Crippen LogP) is 16.0. The van der Waals surface area contributed by atoms with E-state index in [0.717, 1.165) is 55.7 Å². The first kappa shape index (κ1) is 33.6. The van der Waals surface area contributed by atoms with Crippen molar-refractivity contribution in [2.75, 3.05) is 4.90 Å². The van der Waals surface area contributed by atoms with E-state index >= 15 is 0 Å². The molecular formula is C56H37NO. The summed E-state index contributed by atoms with van der Waals surface area (Å²) in [6.45, 7) is 0. The molecule has 0 aliphatic heterocycles. The Balaban J connectivity index is 1.07. The van der Waals surface area contributed by atoms with Gasteiger partial charge in [-0.3, -0.25) is 0 Å². The normalized spacial score (nSPS) is 11.4. The van der Waals surface area contributed by atoms with Crippen LogP contribution in [0.1, 0.15) is 0 Å². The van der Waals surface area contributed by atoms with Crippen molar-refractivity contribution in [1.82, 2.24) is 0 Å². The summed E-state index contributed by atoms with van der Waals surface area (Å²) in [6, 6.07) is 80.7. The van der Waals surface area contributed by atoms with Gasteiger partial charge >= 0.3 is 0 Å². The average molecular weight is 740 g/mol. The number of hydrogen-bond acceptors (Lipinski definition) is 2. The minimum Gasteiger partial charge on any atom is -0.455 e. The van der Waals surface area contributed by atoms with Crippen molar-refractivity contribution in [1.29, 1.82) is 0 Å². The van der Waals surface area contributed by atoms with Gasteiger partial charge in [0.15, 0.2) is 0 Å². The predicted molar refractivity (Wildman–Crippen MR) is 245 cm³/mol. The molecule has 2 nitrogen and oxygen atoms in total. The molecule has 11 aromatic rings. The van der Waals surface area contributed by atoms with E-state index < -0.39 is 0 Å². The molecule has 0 N–H and O–H groups in total. The molecule has 0 fully saturated rings. The van der Waals surface area contributed by atoms with Gasteiger partial charge in [0.05, 0.1) is 5.69 Å². The summed E-state index contributed by atoms with van der Waals surface area (Å²) in [7, 11) is 0. The van der Waals surface area contributed by atoms with Crippen molar-refractivity contribution in [2.24, 2.45) is 0 Å². The summed E-state index contributed by atoms with van der Waals surface area (Å²) in [4.78, 5) is 2.40. The van der Waals surface area contributed by atoms with Gasteiger partial charge in [0, 0.05) is 33.3 Å². The van der Waals surface area contributed by atoms with E-state index in [0.29, 0.717) is 0 Å². The molecule has 272 valence electrons. The number of furan rings is 1. The molecule has 0 aliphatic carbocycles. The van der Waals surface area contributed by atoms with Crippen LogP contribution < -0.4 is 4.90 Å². The van der Waals surface area contributed by atoms with Crippen molar-refractivity contribution in [2.45, 2.75) is 0 Å². The van der Waals surface area contributed by atoms with Gasteiger partial charge in [-0.25, -0.2) is 0 Å². The van der Waals surface area contributed by atoms with Gasteiger partial charge < -0.3 is 9.32 Å². The molecule has 0 unspecified atom stereocenters. The number of anilines is 3. The highest BCUT2D eigenvalue weighted by Gasteiger charge is 2.20. The van der Waals surface area contributed by atoms with E-state index in [1.807, 2.05) is 12.1 Å². The van der Waals surface area contributed by atoms with Gasteiger partial charge in [-0.1, -0.05) is 182 Å². The molecule has 0 spiro atoms. The zero-order valence-electron chi connectivity index (χ0n) is 31.7. The Hall–Kier alpha value is -7.68. The van der Waals surface area contributed by atoms with Crippen LogP contribution in [0.2, 0.25) is 0 Å².